The van der Waals surface area contributed by atoms with Crippen LogP contribution in [0.3, 0.4) is 0 Å². The molecule has 0 aliphatic heterocycles. The minimum Gasteiger partial charge on any atom is -0.361 e. The van der Waals surface area contributed by atoms with Crippen LogP contribution in [-0.4, -0.2) is 17.9 Å². The standard InChI is InChI=1S/C18H17N3O/c1-19-18(22)15-9-13(11-21(2)12-15)7-8-14-10-20-17-6-4-3-5-16(14)17/h3-12,20H,1-2H3/p+1/b8-7-. The summed E-state index contributed by atoms with van der Waals surface area (Å²) in [4.78, 5) is 15.0. The second kappa shape index (κ2) is 5.85. The summed E-state index contributed by atoms with van der Waals surface area (Å²) in [5, 5.41) is 3.83. The molecule has 4 nitrogen and oxygen atoms in total. The zero-order valence-corrected chi connectivity index (χ0v) is 12.6. The number of carbonyl (C=O) groups is 1. The lowest BCUT2D eigenvalue weighted by molar-refractivity contribution is -0.671. The van der Waals surface area contributed by atoms with Gasteiger partial charge < -0.3 is 10.3 Å². The zero-order valence-electron chi connectivity index (χ0n) is 12.6. The van der Waals surface area contributed by atoms with Gasteiger partial charge in [0.2, 0.25) is 0 Å². The van der Waals surface area contributed by atoms with Gasteiger partial charge in [0.05, 0.1) is 0 Å². The average Bonchev–Trinajstić information content (AvgIpc) is 2.95. The highest BCUT2D eigenvalue weighted by atomic mass is 16.1. The van der Waals surface area contributed by atoms with Crippen LogP contribution in [0.5, 0.6) is 0 Å². The molecule has 2 N–H and O–H groups in total. The molecule has 0 unspecified atom stereocenters. The monoisotopic (exact) mass is 292 g/mol. The predicted octanol–water partition coefficient (Wildman–Crippen LogP) is 2.52. The molecule has 0 bridgehead atoms. The molecule has 2 aromatic heterocycles. The van der Waals surface area contributed by atoms with Crippen LogP contribution in [0.1, 0.15) is 21.5 Å². The van der Waals surface area contributed by atoms with Crippen molar-refractivity contribution in [2.45, 2.75) is 0 Å². The normalized spacial score (nSPS) is 11.2. The van der Waals surface area contributed by atoms with Crippen molar-refractivity contribution >= 4 is 29.0 Å². The first-order valence-electron chi connectivity index (χ1n) is 7.14. The van der Waals surface area contributed by atoms with E-state index in [4.69, 9.17) is 0 Å². The first-order chi connectivity index (χ1) is 10.7. The summed E-state index contributed by atoms with van der Waals surface area (Å²) in [5.41, 5.74) is 3.87. The molecule has 0 atom stereocenters. The fourth-order valence-corrected chi connectivity index (χ4v) is 2.52. The summed E-state index contributed by atoms with van der Waals surface area (Å²) in [6.07, 6.45) is 9.85. The Bertz CT molecular complexity index is 862. The molecule has 0 spiro atoms. The summed E-state index contributed by atoms with van der Waals surface area (Å²) >= 11 is 0. The van der Waals surface area contributed by atoms with Gasteiger partial charge >= 0.3 is 0 Å². The number of nitrogens with zero attached hydrogens (tertiary/aromatic N) is 1. The van der Waals surface area contributed by atoms with Gasteiger partial charge in [-0.25, -0.2) is 4.57 Å². The first kappa shape index (κ1) is 14.1. The van der Waals surface area contributed by atoms with E-state index in [0.29, 0.717) is 5.56 Å². The molecule has 0 saturated carbocycles. The number of aryl methyl sites for hydroxylation is 1. The Balaban J connectivity index is 1.95. The third-order valence-corrected chi connectivity index (χ3v) is 3.58. The maximum Gasteiger partial charge on any atom is 0.257 e. The highest BCUT2D eigenvalue weighted by Gasteiger charge is 2.09. The van der Waals surface area contributed by atoms with Crippen LogP contribution in [0, 0.1) is 0 Å². The molecule has 2 heterocycles. The second-order valence-electron chi connectivity index (χ2n) is 5.23. The van der Waals surface area contributed by atoms with E-state index in [1.54, 1.807) is 7.05 Å². The maximum atomic E-state index is 11.8. The number of para-hydroxylation sites is 1. The molecule has 0 aliphatic rings. The zero-order chi connectivity index (χ0) is 15.5. The Morgan fingerprint density at radius 2 is 2.05 bits per heavy atom. The topological polar surface area (TPSA) is 48.8 Å². The number of pyridine rings is 1. The van der Waals surface area contributed by atoms with Gasteiger partial charge in [-0.3, -0.25) is 4.79 Å². The lowest BCUT2D eigenvalue weighted by Gasteiger charge is -1.99. The van der Waals surface area contributed by atoms with Gasteiger partial charge in [0.15, 0.2) is 12.4 Å². The molecule has 4 heteroatoms. The molecule has 0 radical (unpaired) electrons. The maximum absolute atomic E-state index is 11.8. The minimum atomic E-state index is -0.0852. The van der Waals surface area contributed by atoms with Crippen LogP contribution in [0.25, 0.3) is 23.1 Å². The molecule has 0 fully saturated rings. The number of fused-ring (bicyclic) bond motifs is 1. The quantitative estimate of drug-likeness (QED) is 0.716. The molecular weight excluding hydrogens is 274 g/mol. The van der Waals surface area contributed by atoms with Gasteiger partial charge in [-0.15, -0.1) is 0 Å². The minimum absolute atomic E-state index is 0.0852. The SMILES string of the molecule is CNC(=O)c1cc(/C=C\c2c[nH]c3ccccc23)c[n+](C)c1. The van der Waals surface area contributed by atoms with E-state index in [9.17, 15) is 4.79 Å². The number of aromatic amines is 1. The second-order valence-corrected chi connectivity index (χ2v) is 5.23. The Hall–Kier alpha value is -2.88. The van der Waals surface area contributed by atoms with E-state index in [2.05, 4.69) is 28.5 Å². The number of nitrogens with one attached hydrogen (secondary N) is 2. The summed E-state index contributed by atoms with van der Waals surface area (Å²) in [6.45, 7) is 0. The van der Waals surface area contributed by atoms with Gasteiger partial charge in [-0.1, -0.05) is 24.3 Å². The Morgan fingerprint density at radius 3 is 2.86 bits per heavy atom. The number of H-pyrrole nitrogens is 1. The number of amides is 1. The van der Waals surface area contributed by atoms with Crippen LogP contribution in [0.15, 0.2) is 48.9 Å². The van der Waals surface area contributed by atoms with Crippen molar-refractivity contribution in [1.82, 2.24) is 10.3 Å². The Labute approximate surface area is 129 Å². The van der Waals surface area contributed by atoms with Crippen LogP contribution >= 0.6 is 0 Å². The molecular formula is C18H18N3O+. The largest absolute Gasteiger partial charge is 0.361 e. The van der Waals surface area contributed by atoms with Gasteiger partial charge in [-0.2, -0.15) is 0 Å². The van der Waals surface area contributed by atoms with Crippen molar-refractivity contribution in [1.29, 1.82) is 0 Å². The number of aromatic nitrogens is 2. The summed E-state index contributed by atoms with van der Waals surface area (Å²) in [5.74, 6) is -0.0852. The van der Waals surface area contributed by atoms with E-state index in [1.807, 2.05) is 54.5 Å². The summed E-state index contributed by atoms with van der Waals surface area (Å²) < 4.78 is 1.89. The predicted molar refractivity (Wildman–Crippen MR) is 88.2 cm³/mol. The van der Waals surface area contributed by atoms with Gasteiger partial charge in [0.1, 0.15) is 12.6 Å². The lowest BCUT2D eigenvalue weighted by atomic mass is 10.1. The van der Waals surface area contributed by atoms with Crippen molar-refractivity contribution in [3.63, 3.8) is 0 Å². The van der Waals surface area contributed by atoms with E-state index >= 15 is 0 Å². The highest BCUT2D eigenvalue weighted by Crippen LogP contribution is 2.19. The van der Waals surface area contributed by atoms with Crippen LogP contribution in [0.4, 0.5) is 0 Å². The molecule has 22 heavy (non-hydrogen) atoms. The highest BCUT2D eigenvalue weighted by molar-refractivity contribution is 5.95. The molecule has 110 valence electrons. The summed E-state index contributed by atoms with van der Waals surface area (Å²) in [7, 11) is 3.55. The fraction of sp³-hybridized carbons (Fsp3) is 0.111. The van der Waals surface area contributed by atoms with Gasteiger partial charge in [0, 0.05) is 29.7 Å². The number of carbonyl (C=O) groups excluding carboxylic acids is 1. The number of hydrogen-bond donors (Lipinski definition) is 2. The molecule has 1 amide bonds. The summed E-state index contributed by atoms with van der Waals surface area (Å²) in [6, 6.07) is 10.1. The van der Waals surface area contributed by atoms with Crippen molar-refractivity contribution in [3.8, 4) is 0 Å². The van der Waals surface area contributed by atoms with Crippen LogP contribution in [-0.2, 0) is 7.05 Å². The van der Waals surface area contributed by atoms with E-state index in [0.717, 1.165) is 16.6 Å². The van der Waals surface area contributed by atoms with E-state index in [-0.39, 0.29) is 5.91 Å². The molecule has 0 saturated heterocycles. The van der Waals surface area contributed by atoms with Crippen LogP contribution < -0.4 is 9.88 Å². The van der Waals surface area contributed by atoms with E-state index in [1.165, 1.54) is 5.39 Å². The first-order valence-corrected chi connectivity index (χ1v) is 7.14. The molecule has 0 aliphatic carbocycles. The average molecular weight is 292 g/mol. The van der Waals surface area contributed by atoms with Crippen molar-refractivity contribution in [2.75, 3.05) is 7.05 Å². The molecule has 1 aromatic carbocycles. The number of rotatable bonds is 3. The lowest BCUT2D eigenvalue weighted by Crippen LogP contribution is -2.30. The van der Waals surface area contributed by atoms with Gasteiger partial charge in [0.25, 0.3) is 5.91 Å². The van der Waals surface area contributed by atoms with Crippen molar-refractivity contribution in [2.24, 2.45) is 7.05 Å². The van der Waals surface area contributed by atoms with Crippen molar-refractivity contribution < 1.29 is 9.36 Å². The van der Waals surface area contributed by atoms with Crippen LogP contribution in [0.2, 0.25) is 0 Å². The van der Waals surface area contributed by atoms with Gasteiger partial charge in [-0.05, 0) is 23.8 Å². The fourth-order valence-electron chi connectivity index (χ4n) is 2.52. The molecule has 3 rings (SSSR count). The third kappa shape index (κ3) is 2.76. The third-order valence-electron chi connectivity index (χ3n) is 3.58. The molecule has 3 aromatic rings. The number of benzene rings is 1. The number of hydrogen-bond acceptors (Lipinski definition) is 1. The van der Waals surface area contributed by atoms with Crippen molar-refractivity contribution in [3.05, 3.63) is 65.6 Å². The van der Waals surface area contributed by atoms with E-state index < -0.39 is 0 Å². The smallest absolute Gasteiger partial charge is 0.257 e. The Kier molecular flexibility index (Phi) is 3.74. The Morgan fingerprint density at radius 1 is 1.23 bits per heavy atom.